The summed E-state index contributed by atoms with van der Waals surface area (Å²) in [5.41, 5.74) is 2.70. The number of aromatic amines is 1. The maximum absolute atomic E-state index is 13.0. The third-order valence-corrected chi connectivity index (χ3v) is 5.39. The second-order valence-corrected chi connectivity index (χ2v) is 7.34. The molecule has 154 valence electrons. The zero-order valence-electron chi connectivity index (χ0n) is 16.8. The zero-order chi connectivity index (χ0) is 20.9. The van der Waals surface area contributed by atoms with Crippen LogP contribution in [-0.4, -0.2) is 47.1 Å². The first-order chi connectivity index (χ1) is 14.7. The third-order valence-electron chi connectivity index (χ3n) is 5.39. The Morgan fingerprint density at radius 3 is 2.73 bits per heavy atom. The number of amides is 2. The molecule has 0 spiro atoms. The highest BCUT2D eigenvalue weighted by molar-refractivity contribution is 6.04. The quantitative estimate of drug-likeness (QED) is 0.679. The van der Waals surface area contributed by atoms with Crippen LogP contribution in [0.15, 0.2) is 60.8 Å². The summed E-state index contributed by atoms with van der Waals surface area (Å²) in [4.78, 5) is 27.4. The molecule has 2 amide bonds. The van der Waals surface area contributed by atoms with E-state index in [9.17, 15) is 9.59 Å². The molecule has 2 heterocycles. The van der Waals surface area contributed by atoms with E-state index in [0.717, 1.165) is 18.5 Å². The van der Waals surface area contributed by atoms with Gasteiger partial charge >= 0.3 is 0 Å². The van der Waals surface area contributed by atoms with Crippen molar-refractivity contribution in [2.75, 3.05) is 25.5 Å². The van der Waals surface area contributed by atoms with E-state index in [1.807, 2.05) is 35.2 Å². The van der Waals surface area contributed by atoms with Crippen molar-refractivity contribution >= 4 is 17.5 Å². The number of ether oxygens (including phenoxy) is 1. The van der Waals surface area contributed by atoms with Gasteiger partial charge in [0.25, 0.3) is 11.8 Å². The number of nitrogens with zero attached hydrogens (tertiary/aromatic N) is 2. The third kappa shape index (κ3) is 4.20. The van der Waals surface area contributed by atoms with Crippen molar-refractivity contribution in [3.8, 4) is 5.75 Å². The fourth-order valence-electron chi connectivity index (χ4n) is 3.83. The van der Waals surface area contributed by atoms with Gasteiger partial charge in [-0.25, -0.2) is 0 Å². The van der Waals surface area contributed by atoms with E-state index >= 15 is 0 Å². The smallest absolute Gasteiger partial charge is 0.255 e. The minimum absolute atomic E-state index is 0.0204. The van der Waals surface area contributed by atoms with Crippen molar-refractivity contribution < 1.29 is 14.3 Å². The summed E-state index contributed by atoms with van der Waals surface area (Å²) in [5, 5.41) is 10.1. The highest BCUT2D eigenvalue weighted by Gasteiger charge is 2.28. The molecule has 0 aliphatic carbocycles. The first kappa shape index (κ1) is 19.7. The molecule has 7 nitrogen and oxygen atoms in total. The summed E-state index contributed by atoms with van der Waals surface area (Å²) in [7, 11) is 1.59. The number of carbonyl (C=O) groups is 2. The van der Waals surface area contributed by atoms with Gasteiger partial charge in [-0.3, -0.25) is 14.7 Å². The number of nitrogens with one attached hydrogen (secondary N) is 2. The maximum atomic E-state index is 13.0. The molecule has 1 aliphatic rings. The Morgan fingerprint density at radius 2 is 1.93 bits per heavy atom. The zero-order valence-corrected chi connectivity index (χ0v) is 16.8. The molecular formula is C23H24N4O3. The van der Waals surface area contributed by atoms with Crippen LogP contribution >= 0.6 is 0 Å². The van der Waals surface area contributed by atoms with Gasteiger partial charge in [0.05, 0.1) is 24.7 Å². The summed E-state index contributed by atoms with van der Waals surface area (Å²) in [5.74, 6) is 0.530. The van der Waals surface area contributed by atoms with Gasteiger partial charge in [-0.15, -0.1) is 0 Å². The Hall–Kier alpha value is -3.61. The molecule has 1 aliphatic heterocycles. The molecule has 2 aromatic carbocycles. The van der Waals surface area contributed by atoms with E-state index in [1.165, 1.54) is 0 Å². The molecule has 3 aromatic rings. The lowest BCUT2D eigenvalue weighted by Crippen LogP contribution is -2.39. The number of H-pyrrole nitrogens is 1. The number of rotatable bonds is 5. The Bertz CT molecular complexity index is 1030. The highest BCUT2D eigenvalue weighted by atomic mass is 16.5. The number of benzene rings is 2. The predicted molar refractivity (Wildman–Crippen MR) is 114 cm³/mol. The molecule has 30 heavy (non-hydrogen) atoms. The van der Waals surface area contributed by atoms with Crippen molar-refractivity contribution in [1.82, 2.24) is 15.1 Å². The SMILES string of the molecule is COc1cccc(C(=O)N2CCC[C@H](c3[nH]ncc3NC(=O)c3ccccc3)C2)c1. The van der Waals surface area contributed by atoms with E-state index in [4.69, 9.17) is 4.74 Å². The van der Waals surface area contributed by atoms with E-state index in [-0.39, 0.29) is 17.7 Å². The first-order valence-electron chi connectivity index (χ1n) is 9.98. The predicted octanol–water partition coefficient (Wildman–Crippen LogP) is 3.69. The Balaban J connectivity index is 1.48. The second-order valence-electron chi connectivity index (χ2n) is 7.34. The van der Waals surface area contributed by atoms with Crippen molar-refractivity contribution in [3.63, 3.8) is 0 Å². The molecule has 0 saturated carbocycles. The molecule has 2 N–H and O–H groups in total. The maximum Gasteiger partial charge on any atom is 0.255 e. The Morgan fingerprint density at radius 1 is 1.13 bits per heavy atom. The first-order valence-corrected chi connectivity index (χ1v) is 9.98. The molecule has 4 rings (SSSR count). The lowest BCUT2D eigenvalue weighted by molar-refractivity contribution is 0.0705. The molecule has 0 bridgehead atoms. The van der Waals surface area contributed by atoms with Crippen molar-refractivity contribution in [2.45, 2.75) is 18.8 Å². The number of carbonyl (C=O) groups excluding carboxylic acids is 2. The minimum Gasteiger partial charge on any atom is -0.497 e. The number of likely N-dealkylation sites (tertiary alicyclic amines) is 1. The summed E-state index contributed by atoms with van der Waals surface area (Å²) in [6.07, 6.45) is 3.42. The lowest BCUT2D eigenvalue weighted by Gasteiger charge is -2.32. The van der Waals surface area contributed by atoms with Crippen LogP contribution in [0.3, 0.4) is 0 Å². The fraction of sp³-hybridized carbons (Fsp3) is 0.261. The standard InChI is InChI=1S/C23H24N4O3/c1-30-19-11-5-9-17(13-19)23(29)27-12-6-10-18(15-27)21-20(14-24-26-21)25-22(28)16-7-3-2-4-8-16/h2-5,7-9,11,13-14,18H,6,10,12,15H2,1H3,(H,24,26)(H,25,28)/t18-/m0/s1. The minimum atomic E-state index is -0.182. The number of anilines is 1. The Kier molecular flexibility index (Phi) is 5.79. The molecule has 1 saturated heterocycles. The van der Waals surface area contributed by atoms with Gasteiger partial charge in [0, 0.05) is 30.1 Å². The van der Waals surface area contributed by atoms with Gasteiger partial charge in [0.2, 0.25) is 0 Å². The number of aromatic nitrogens is 2. The van der Waals surface area contributed by atoms with E-state index in [2.05, 4.69) is 15.5 Å². The van der Waals surface area contributed by atoms with E-state index < -0.39 is 0 Å². The van der Waals surface area contributed by atoms with E-state index in [0.29, 0.717) is 35.7 Å². The van der Waals surface area contributed by atoms with Crippen LogP contribution in [0.25, 0.3) is 0 Å². The molecule has 7 heteroatoms. The van der Waals surface area contributed by atoms with Gasteiger partial charge in [0.1, 0.15) is 5.75 Å². The number of hydrogen-bond donors (Lipinski definition) is 2. The number of hydrogen-bond acceptors (Lipinski definition) is 4. The average Bonchev–Trinajstić information content (AvgIpc) is 3.27. The molecule has 1 fully saturated rings. The van der Waals surface area contributed by atoms with Gasteiger partial charge in [-0.05, 0) is 43.2 Å². The topological polar surface area (TPSA) is 87.3 Å². The highest BCUT2D eigenvalue weighted by Crippen LogP contribution is 2.31. The van der Waals surface area contributed by atoms with Crippen molar-refractivity contribution in [2.24, 2.45) is 0 Å². The molecule has 0 unspecified atom stereocenters. The molecule has 1 atom stereocenters. The van der Waals surface area contributed by atoms with E-state index in [1.54, 1.807) is 37.6 Å². The van der Waals surface area contributed by atoms with Crippen LogP contribution in [0.4, 0.5) is 5.69 Å². The van der Waals surface area contributed by atoms with Crippen molar-refractivity contribution in [1.29, 1.82) is 0 Å². The number of methoxy groups -OCH3 is 1. The number of piperidine rings is 1. The summed E-state index contributed by atoms with van der Waals surface area (Å²) in [6.45, 7) is 1.26. The van der Waals surface area contributed by atoms with Crippen molar-refractivity contribution in [3.05, 3.63) is 77.6 Å². The summed E-state index contributed by atoms with van der Waals surface area (Å²) in [6, 6.07) is 16.3. The van der Waals surface area contributed by atoms with Crippen LogP contribution in [-0.2, 0) is 0 Å². The van der Waals surface area contributed by atoms with Gasteiger partial charge in [0.15, 0.2) is 0 Å². The van der Waals surface area contributed by atoms with Gasteiger partial charge < -0.3 is 15.0 Å². The van der Waals surface area contributed by atoms with Crippen LogP contribution < -0.4 is 10.1 Å². The lowest BCUT2D eigenvalue weighted by atomic mass is 9.93. The molecular weight excluding hydrogens is 380 g/mol. The molecule has 0 radical (unpaired) electrons. The van der Waals surface area contributed by atoms with Gasteiger partial charge in [-0.1, -0.05) is 24.3 Å². The van der Waals surface area contributed by atoms with Gasteiger partial charge in [-0.2, -0.15) is 5.10 Å². The summed E-state index contributed by atoms with van der Waals surface area (Å²) >= 11 is 0. The normalized spacial score (nSPS) is 16.2. The largest absolute Gasteiger partial charge is 0.497 e. The van der Waals surface area contributed by atoms with Crippen LogP contribution in [0.1, 0.15) is 45.2 Å². The summed E-state index contributed by atoms with van der Waals surface area (Å²) < 4.78 is 5.24. The van der Waals surface area contributed by atoms with Crippen LogP contribution in [0, 0.1) is 0 Å². The fourth-order valence-corrected chi connectivity index (χ4v) is 3.83. The molecule has 1 aromatic heterocycles. The second kappa shape index (κ2) is 8.82. The Labute approximate surface area is 175 Å². The van der Waals surface area contributed by atoms with Crippen LogP contribution in [0.2, 0.25) is 0 Å². The van der Waals surface area contributed by atoms with Crippen LogP contribution in [0.5, 0.6) is 5.75 Å². The monoisotopic (exact) mass is 404 g/mol. The average molecular weight is 404 g/mol.